The molecule has 0 unspecified atom stereocenters. The van der Waals surface area contributed by atoms with Crippen LogP contribution in [0.3, 0.4) is 0 Å². The summed E-state index contributed by atoms with van der Waals surface area (Å²) in [6.45, 7) is 1.78. The first kappa shape index (κ1) is 29.0. The Balaban J connectivity index is 1.26. The van der Waals surface area contributed by atoms with E-state index in [9.17, 15) is 22.0 Å². The molecule has 0 spiro atoms. The number of fused-ring (bicyclic) bond motifs is 1. The summed E-state index contributed by atoms with van der Waals surface area (Å²) in [6.07, 6.45) is 1.30. The Hall–Kier alpha value is -6.07. The molecule has 0 radical (unpaired) electrons. The van der Waals surface area contributed by atoms with Gasteiger partial charge in [0.2, 0.25) is 5.78 Å². The zero-order valence-electron chi connectivity index (χ0n) is 23.2. The fourth-order valence-electron chi connectivity index (χ4n) is 4.63. The summed E-state index contributed by atoms with van der Waals surface area (Å²) >= 11 is 0. The van der Waals surface area contributed by atoms with Crippen LogP contribution < -0.4 is 15.2 Å². The number of carbonyl (C=O) groups is 1. The van der Waals surface area contributed by atoms with E-state index in [1.807, 2.05) is 0 Å². The third kappa shape index (κ3) is 5.55. The minimum Gasteiger partial charge on any atom is -0.454 e. The lowest BCUT2D eigenvalue weighted by molar-refractivity contribution is 0.103. The molecule has 45 heavy (non-hydrogen) atoms. The number of H-pyrrole nitrogens is 1. The Morgan fingerprint density at radius 3 is 2.60 bits per heavy atom. The van der Waals surface area contributed by atoms with Gasteiger partial charge in [0.25, 0.3) is 10.0 Å². The minimum absolute atomic E-state index is 0.0382. The lowest BCUT2D eigenvalue weighted by Gasteiger charge is -2.12. The van der Waals surface area contributed by atoms with Gasteiger partial charge in [-0.3, -0.25) is 9.52 Å². The van der Waals surface area contributed by atoms with Crippen molar-refractivity contribution >= 4 is 38.2 Å². The van der Waals surface area contributed by atoms with Crippen molar-refractivity contribution in [2.45, 2.75) is 11.9 Å². The van der Waals surface area contributed by atoms with Crippen molar-refractivity contribution in [2.24, 2.45) is 0 Å². The van der Waals surface area contributed by atoms with E-state index in [2.05, 4.69) is 19.8 Å². The maximum absolute atomic E-state index is 14.9. The highest BCUT2D eigenvalue weighted by atomic mass is 32.2. The number of pyridine rings is 1. The quantitative estimate of drug-likeness (QED) is 0.183. The third-order valence-electron chi connectivity index (χ3n) is 6.82. The number of nitrogen functional groups attached to an aromatic ring is 1. The van der Waals surface area contributed by atoms with E-state index in [1.165, 1.54) is 53.3 Å². The van der Waals surface area contributed by atoms with E-state index in [-0.39, 0.29) is 34.0 Å². The number of ketones is 1. The molecule has 0 atom stereocenters. The highest BCUT2D eigenvalue weighted by molar-refractivity contribution is 7.92. The van der Waals surface area contributed by atoms with Gasteiger partial charge in [0.05, 0.1) is 28.8 Å². The van der Waals surface area contributed by atoms with E-state index in [0.29, 0.717) is 22.4 Å². The topological polar surface area (TPSA) is 169 Å². The molecule has 0 saturated carbocycles. The summed E-state index contributed by atoms with van der Waals surface area (Å²) < 4.78 is 63.7. The molecule has 3 aromatic heterocycles. The molecule has 11 nitrogen and oxygen atoms in total. The first-order chi connectivity index (χ1) is 21.5. The van der Waals surface area contributed by atoms with Gasteiger partial charge in [-0.15, -0.1) is 0 Å². The Morgan fingerprint density at radius 2 is 1.84 bits per heavy atom. The van der Waals surface area contributed by atoms with Gasteiger partial charge < -0.3 is 15.5 Å². The molecule has 4 N–H and O–H groups in total. The molecule has 14 heteroatoms. The van der Waals surface area contributed by atoms with E-state index in [1.54, 1.807) is 43.3 Å². The number of anilines is 2. The second-order valence-electron chi connectivity index (χ2n) is 9.85. The number of aryl methyl sites for hydroxylation is 1. The maximum atomic E-state index is 14.9. The number of nitriles is 1. The van der Waals surface area contributed by atoms with Crippen molar-refractivity contribution in [3.05, 3.63) is 119 Å². The van der Waals surface area contributed by atoms with E-state index in [0.717, 1.165) is 6.07 Å². The number of nitrogens with two attached hydrogens (primary N) is 1. The molecule has 224 valence electrons. The predicted octanol–water partition coefficient (Wildman–Crippen LogP) is 5.61. The Labute approximate surface area is 254 Å². The molecule has 3 heterocycles. The summed E-state index contributed by atoms with van der Waals surface area (Å²) in [7, 11) is -4.33. The van der Waals surface area contributed by atoms with Crippen LogP contribution in [0.2, 0.25) is 0 Å². The Morgan fingerprint density at radius 1 is 1.04 bits per heavy atom. The number of halogens is 2. The number of nitrogens with one attached hydrogen (secondary N) is 2. The van der Waals surface area contributed by atoms with Gasteiger partial charge in [0.15, 0.2) is 16.6 Å². The van der Waals surface area contributed by atoms with Crippen molar-refractivity contribution in [1.82, 2.24) is 19.7 Å². The van der Waals surface area contributed by atoms with Crippen molar-refractivity contribution in [1.29, 1.82) is 5.26 Å². The standard InChI is InChI=1S/C31H21F2N7O4S/c1-17-11-20(44-28-7-3-2-6-22(28)32)9-10-27(17)40-31(35)21(16-36-40)30(41)26-13-18-12-23(33)25(14-24(18)38-26)39-45(42,43)29-8-4-5-19(15-34)37-29/h2-14,16,38-39H,35H2,1H3. The second kappa shape index (κ2) is 11.2. The van der Waals surface area contributed by atoms with E-state index < -0.39 is 38.2 Å². The number of aromatic amines is 1. The largest absolute Gasteiger partial charge is 0.454 e. The number of hydrogen-bond donors (Lipinski definition) is 3. The first-order valence-electron chi connectivity index (χ1n) is 13.2. The highest BCUT2D eigenvalue weighted by Crippen LogP contribution is 2.30. The van der Waals surface area contributed by atoms with Gasteiger partial charge in [-0.25, -0.2) is 18.4 Å². The Kier molecular flexibility index (Phi) is 7.23. The van der Waals surface area contributed by atoms with Crippen LogP contribution >= 0.6 is 0 Å². The lowest BCUT2D eigenvalue weighted by atomic mass is 10.1. The SMILES string of the molecule is Cc1cc(Oc2ccccc2F)ccc1-n1ncc(C(=O)c2cc3cc(F)c(NS(=O)(=O)c4cccc(C#N)n4)cc3[nH]2)c1N. The van der Waals surface area contributed by atoms with Gasteiger partial charge in [-0.1, -0.05) is 18.2 Å². The zero-order valence-corrected chi connectivity index (χ0v) is 24.1. The van der Waals surface area contributed by atoms with Crippen LogP contribution in [-0.2, 0) is 10.0 Å². The highest BCUT2D eigenvalue weighted by Gasteiger charge is 2.23. The summed E-state index contributed by atoms with van der Waals surface area (Å²) in [5.41, 5.74) is 7.45. The third-order valence-corrected chi connectivity index (χ3v) is 8.09. The summed E-state index contributed by atoms with van der Waals surface area (Å²) in [6, 6.07) is 20.3. The van der Waals surface area contributed by atoms with Crippen molar-refractivity contribution in [2.75, 3.05) is 10.5 Å². The van der Waals surface area contributed by atoms with Crippen LogP contribution in [0.1, 0.15) is 27.3 Å². The molecule has 3 aromatic carbocycles. The lowest BCUT2D eigenvalue weighted by Crippen LogP contribution is -2.15. The number of para-hydroxylation sites is 1. The van der Waals surface area contributed by atoms with Crippen LogP contribution in [0, 0.1) is 29.9 Å². The number of carbonyl (C=O) groups excluding carboxylic acids is 1. The number of benzene rings is 3. The summed E-state index contributed by atoms with van der Waals surface area (Å²) in [5.74, 6) is -1.44. The molecular weight excluding hydrogens is 604 g/mol. The van der Waals surface area contributed by atoms with Gasteiger partial charge in [-0.2, -0.15) is 18.8 Å². The average molecular weight is 626 g/mol. The molecule has 6 aromatic rings. The summed E-state index contributed by atoms with van der Waals surface area (Å²) in [4.78, 5) is 20.1. The van der Waals surface area contributed by atoms with Crippen molar-refractivity contribution < 1.29 is 26.7 Å². The van der Waals surface area contributed by atoms with Crippen LogP contribution in [0.4, 0.5) is 20.3 Å². The van der Waals surface area contributed by atoms with Gasteiger partial charge in [0, 0.05) is 10.9 Å². The second-order valence-corrected chi connectivity index (χ2v) is 11.5. The van der Waals surface area contributed by atoms with E-state index in [4.69, 9.17) is 15.7 Å². The predicted molar refractivity (Wildman–Crippen MR) is 161 cm³/mol. The van der Waals surface area contributed by atoms with E-state index >= 15 is 0 Å². The molecule has 0 saturated heterocycles. The molecule has 0 aliphatic heterocycles. The van der Waals surface area contributed by atoms with Crippen LogP contribution in [0.5, 0.6) is 11.5 Å². The zero-order chi connectivity index (χ0) is 31.9. The number of rotatable bonds is 8. The number of hydrogen-bond acceptors (Lipinski definition) is 8. The molecule has 0 aliphatic rings. The van der Waals surface area contributed by atoms with Gasteiger partial charge in [0.1, 0.15) is 29.1 Å². The van der Waals surface area contributed by atoms with Crippen LogP contribution in [-0.4, -0.2) is 33.9 Å². The monoisotopic (exact) mass is 625 g/mol. The number of ether oxygens (including phenoxy) is 1. The number of nitrogens with zero attached hydrogens (tertiary/aromatic N) is 4. The summed E-state index contributed by atoms with van der Waals surface area (Å²) in [5, 5.41) is 13.1. The molecular formula is C31H21F2N7O4S. The number of sulfonamides is 1. The molecule has 6 rings (SSSR count). The normalized spacial score (nSPS) is 11.3. The Bertz CT molecular complexity index is 2290. The van der Waals surface area contributed by atoms with Crippen molar-refractivity contribution in [3.63, 3.8) is 0 Å². The smallest absolute Gasteiger partial charge is 0.279 e. The molecule has 0 fully saturated rings. The average Bonchev–Trinajstić information content (AvgIpc) is 3.61. The van der Waals surface area contributed by atoms with Gasteiger partial charge in [-0.05, 0) is 73.2 Å². The van der Waals surface area contributed by atoms with Gasteiger partial charge >= 0.3 is 0 Å². The molecule has 0 bridgehead atoms. The van der Waals surface area contributed by atoms with Crippen LogP contribution in [0.25, 0.3) is 16.6 Å². The molecule has 0 amide bonds. The number of aromatic nitrogens is 4. The fourth-order valence-corrected chi connectivity index (χ4v) is 5.66. The minimum atomic E-state index is -4.33. The molecule has 0 aliphatic carbocycles. The fraction of sp³-hybridized carbons (Fsp3) is 0.0323. The first-order valence-corrected chi connectivity index (χ1v) is 14.7. The van der Waals surface area contributed by atoms with Crippen LogP contribution in [0.15, 0.2) is 90.1 Å². The maximum Gasteiger partial charge on any atom is 0.279 e. The van der Waals surface area contributed by atoms with Crippen molar-refractivity contribution in [3.8, 4) is 23.3 Å².